The lowest BCUT2D eigenvalue weighted by molar-refractivity contribution is -0.113. The van der Waals surface area contributed by atoms with Crippen LogP contribution in [0.15, 0.2) is 48.1 Å². The quantitative estimate of drug-likeness (QED) is 0.280. The molecule has 0 aliphatic rings. The summed E-state index contributed by atoms with van der Waals surface area (Å²) in [5.74, 6) is 1.76. The van der Waals surface area contributed by atoms with Crippen LogP contribution < -0.4 is 14.8 Å². The monoisotopic (exact) mass is 506 g/mol. The predicted octanol–water partition coefficient (Wildman–Crippen LogP) is 5.71. The maximum atomic E-state index is 12.5. The zero-order chi connectivity index (χ0) is 24.0. The van der Waals surface area contributed by atoms with Crippen molar-refractivity contribution in [2.24, 2.45) is 0 Å². The Morgan fingerprint density at radius 1 is 1.21 bits per heavy atom. The van der Waals surface area contributed by atoms with Crippen LogP contribution in [0.2, 0.25) is 10.0 Å². The van der Waals surface area contributed by atoms with Crippen LogP contribution in [0.4, 0.5) is 5.69 Å². The smallest absolute Gasteiger partial charge is 0.234 e. The first-order chi connectivity index (χ1) is 15.8. The molecule has 174 valence electrons. The minimum absolute atomic E-state index is 0.126. The standard InChI is InChI=1S/C23H24Cl2N4O3S/c1-5-8-29-20(12-32-17-9-14(2)22(25)15(3)10-17)27-28-23(29)33-13-21(30)26-18-11-16(24)6-7-19(18)31-4/h5-7,9-11H,1,8,12-13H2,2-4H3,(H,26,30). The molecule has 0 spiro atoms. The number of halogens is 2. The fourth-order valence-electron chi connectivity index (χ4n) is 3.08. The number of methoxy groups -OCH3 is 1. The van der Waals surface area contributed by atoms with Crippen molar-refractivity contribution >= 4 is 46.6 Å². The molecule has 1 N–H and O–H groups in total. The van der Waals surface area contributed by atoms with E-state index in [9.17, 15) is 4.79 Å². The van der Waals surface area contributed by atoms with Crippen LogP contribution in [-0.2, 0) is 17.9 Å². The molecule has 0 saturated carbocycles. The summed E-state index contributed by atoms with van der Waals surface area (Å²) in [5.41, 5.74) is 2.39. The highest BCUT2D eigenvalue weighted by Gasteiger charge is 2.16. The summed E-state index contributed by atoms with van der Waals surface area (Å²) in [7, 11) is 1.53. The molecular weight excluding hydrogens is 483 g/mol. The van der Waals surface area contributed by atoms with Gasteiger partial charge in [0.25, 0.3) is 0 Å². The number of aromatic nitrogens is 3. The lowest BCUT2D eigenvalue weighted by atomic mass is 10.1. The van der Waals surface area contributed by atoms with Gasteiger partial charge in [-0.3, -0.25) is 9.36 Å². The van der Waals surface area contributed by atoms with Gasteiger partial charge in [-0.15, -0.1) is 16.8 Å². The van der Waals surface area contributed by atoms with E-state index < -0.39 is 0 Å². The molecule has 3 aromatic rings. The van der Waals surface area contributed by atoms with Crippen LogP contribution in [-0.4, -0.2) is 33.5 Å². The van der Waals surface area contributed by atoms with E-state index in [0.29, 0.717) is 39.7 Å². The van der Waals surface area contributed by atoms with Crippen molar-refractivity contribution < 1.29 is 14.3 Å². The Kier molecular flexibility index (Phi) is 8.66. The van der Waals surface area contributed by atoms with Crippen molar-refractivity contribution in [2.45, 2.75) is 32.2 Å². The number of anilines is 1. The summed E-state index contributed by atoms with van der Waals surface area (Å²) in [4.78, 5) is 12.5. The average molecular weight is 507 g/mol. The van der Waals surface area contributed by atoms with E-state index in [0.717, 1.165) is 16.1 Å². The van der Waals surface area contributed by atoms with Gasteiger partial charge in [0, 0.05) is 16.6 Å². The van der Waals surface area contributed by atoms with Gasteiger partial charge >= 0.3 is 0 Å². The molecule has 1 heterocycles. The minimum Gasteiger partial charge on any atom is -0.495 e. The van der Waals surface area contributed by atoms with Crippen LogP contribution in [0.25, 0.3) is 0 Å². The SMILES string of the molecule is C=CCn1c(COc2cc(C)c(Cl)c(C)c2)nnc1SCC(=O)Nc1cc(Cl)ccc1OC. The van der Waals surface area contributed by atoms with Crippen molar-refractivity contribution in [1.29, 1.82) is 0 Å². The Balaban J connectivity index is 1.66. The number of nitrogens with zero attached hydrogens (tertiary/aromatic N) is 3. The highest BCUT2D eigenvalue weighted by molar-refractivity contribution is 7.99. The third-order valence-corrected chi connectivity index (χ3v) is 6.45. The molecule has 0 saturated heterocycles. The summed E-state index contributed by atoms with van der Waals surface area (Å²) < 4.78 is 13.0. The van der Waals surface area contributed by atoms with E-state index in [1.807, 2.05) is 30.5 Å². The van der Waals surface area contributed by atoms with E-state index >= 15 is 0 Å². The molecule has 10 heteroatoms. The van der Waals surface area contributed by atoms with Crippen molar-refractivity contribution in [3.63, 3.8) is 0 Å². The largest absolute Gasteiger partial charge is 0.495 e. The molecule has 2 aromatic carbocycles. The fraction of sp³-hybridized carbons (Fsp3) is 0.261. The van der Waals surface area contributed by atoms with Gasteiger partial charge in [0.1, 0.15) is 18.1 Å². The van der Waals surface area contributed by atoms with Crippen LogP contribution in [0, 0.1) is 13.8 Å². The van der Waals surface area contributed by atoms with E-state index in [-0.39, 0.29) is 18.3 Å². The summed E-state index contributed by atoms with van der Waals surface area (Å²) in [6.07, 6.45) is 1.74. The highest BCUT2D eigenvalue weighted by Crippen LogP contribution is 2.29. The number of allylic oxidation sites excluding steroid dienone is 1. The molecule has 0 aliphatic carbocycles. The number of amides is 1. The van der Waals surface area contributed by atoms with Crippen LogP contribution in [0.3, 0.4) is 0 Å². The van der Waals surface area contributed by atoms with Gasteiger partial charge in [0.15, 0.2) is 11.0 Å². The maximum Gasteiger partial charge on any atom is 0.234 e. The van der Waals surface area contributed by atoms with Crippen LogP contribution in [0.1, 0.15) is 17.0 Å². The molecule has 33 heavy (non-hydrogen) atoms. The molecule has 7 nitrogen and oxygen atoms in total. The summed E-state index contributed by atoms with van der Waals surface area (Å²) in [5, 5.41) is 13.1. The molecule has 3 rings (SSSR count). The zero-order valence-electron chi connectivity index (χ0n) is 18.5. The average Bonchev–Trinajstić information content (AvgIpc) is 3.16. The van der Waals surface area contributed by atoms with Gasteiger partial charge in [-0.2, -0.15) is 0 Å². The van der Waals surface area contributed by atoms with Crippen molar-refractivity contribution in [1.82, 2.24) is 14.8 Å². The second-order valence-electron chi connectivity index (χ2n) is 7.14. The molecule has 0 unspecified atom stereocenters. The van der Waals surface area contributed by atoms with Gasteiger partial charge in [-0.05, 0) is 55.3 Å². The number of nitrogens with one attached hydrogen (secondary N) is 1. The molecule has 0 aliphatic heterocycles. The van der Waals surface area contributed by atoms with Crippen molar-refractivity contribution in [3.05, 3.63) is 70.0 Å². The number of benzene rings is 2. The molecule has 1 aromatic heterocycles. The van der Waals surface area contributed by atoms with Crippen LogP contribution in [0.5, 0.6) is 11.5 Å². The molecule has 0 bridgehead atoms. The number of ether oxygens (including phenoxy) is 2. The van der Waals surface area contributed by atoms with Gasteiger partial charge in [-0.1, -0.05) is 41.0 Å². The second kappa shape index (κ2) is 11.4. The van der Waals surface area contributed by atoms with Gasteiger partial charge in [-0.25, -0.2) is 0 Å². The first kappa shape index (κ1) is 25.0. The maximum absolute atomic E-state index is 12.5. The van der Waals surface area contributed by atoms with E-state index in [2.05, 4.69) is 22.1 Å². The number of hydrogen-bond acceptors (Lipinski definition) is 6. The molecular formula is C23H24Cl2N4O3S. The van der Waals surface area contributed by atoms with Gasteiger partial charge in [0.2, 0.25) is 5.91 Å². The summed E-state index contributed by atoms with van der Waals surface area (Å²) >= 11 is 13.5. The first-order valence-electron chi connectivity index (χ1n) is 10.0. The third-order valence-electron chi connectivity index (χ3n) is 4.65. The molecule has 0 fully saturated rings. The lowest BCUT2D eigenvalue weighted by Crippen LogP contribution is -2.15. The summed E-state index contributed by atoms with van der Waals surface area (Å²) in [6, 6.07) is 8.79. The van der Waals surface area contributed by atoms with Crippen molar-refractivity contribution in [3.8, 4) is 11.5 Å². The summed E-state index contributed by atoms with van der Waals surface area (Å²) in [6.45, 7) is 8.36. The number of rotatable bonds is 10. The van der Waals surface area contributed by atoms with Gasteiger partial charge < -0.3 is 14.8 Å². The first-order valence-corrected chi connectivity index (χ1v) is 11.7. The Labute approximate surface area is 207 Å². The topological polar surface area (TPSA) is 78.3 Å². The van der Waals surface area contributed by atoms with Crippen molar-refractivity contribution in [2.75, 3.05) is 18.2 Å². The van der Waals surface area contributed by atoms with Crippen LogP contribution >= 0.6 is 35.0 Å². The fourth-order valence-corrected chi connectivity index (χ4v) is 4.12. The third kappa shape index (κ3) is 6.43. The predicted molar refractivity (Wildman–Crippen MR) is 133 cm³/mol. The number of aryl methyl sites for hydroxylation is 2. The zero-order valence-corrected chi connectivity index (χ0v) is 20.9. The highest BCUT2D eigenvalue weighted by atomic mass is 35.5. The lowest BCUT2D eigenvalue weighted by Gasteiger charge is -2.12. The minimum atomic E-state index is -0.223. The number of carbonyl (C=O) groups excluding carboxylic acids is 1. The Morgan fingerprint density at radius 3 is 2.61 bits per heavy atom. The van der Waals surface area contributed by atoms with E-state index in [4.69, 9.17) is 32.7 Å². The Morgan fingerprint density at radius 2 is 1.94 bits per heavy atom. The van der Waals surface area contributed by atoms with E-state index in [1.165, 1.54) is 18.9 Å². The molecule has 0 atom stereocenters. The number of hydrogen-bond donors (Lipinski definition) is 1. The second-order valence-corrected chi connectivity index (χ2v) is 8.90. The Bertz CT molecular complexity index is 1140. The Hall–Kier alpha value is -2.68. The molecule has 0 radical (unpaired) electrons. The number of thioether (sulfide) groups is 1. The number of carbonyl (C=O) groups is 1. The molecule has 1 amide bonds. The normalized spacial score (nSPS) is 10.7. The van der Waals surface area contributed by atoms with Gasteiger partial charge in [0.05, 0.1) is 18.6 Å². The van der Waals surface area contributed by atoms with E-state index in [1.54, 1.807) is 24.3 Å².